The van der Waals surface area contributed by atoms with Crippen LogP contribution in [0.1, 0.15) is 42.9 Å². The second-order valence-electron chi connectivity index (χ2n) is 7.61. The third-order valence-corrected chi connectivity index (χ3v) is 6.36. The van der Waals surface area contributed by atoms with Crippen molar-refractivity contribution in [2.24, 2.45) is 16.7 Å². The van der Waals surface area contributed by atoms with Crippen LogP contribution < -0.4 is 0 Å². The summed E-state index contributed by atoms with van der Waals surface area (Å²) >= 11 is 0. The van der Waals surface area contributed by atoms with E-state index in [0.29, 0.717) is 19.3 Å². The molecule has 1 saturated carbocycles. The van der Waals surface area contributed by atoms with E-state index >= 15 is 0 Å². The van der Waals surface area contributed by atoms with Gasteiger partial charge in [0, 0.05) is 6.42 Å². The van der Waals surface area contributed by atoms with Crippen LogP contribution in [0.15, 0.2) is 24.3 Å². The van der Waals surface area contributed by atoms with Gasteiger partial charge >= 0.3 is 6.18 Å². The molecule has 0 radical (unpaired) electrons. The zero-order chi connectivity index (χ0) is 21.1. The SMILES string of the molecule is N#CC1(C#N)C(c2ccc(C(F)(F)F)cc2)OC23CCCCC2C1(C#N)C(=N)O3. The van der Waals surface area contributed by atoms with E-state index in [1.165, 1.54) is 0 Å². The van der Waals surface area contributed by atoms with E-state index in [1.54, 1.807) is 0 Å². The minimum absolute atomic E-state index is 0.155. The highest BCUT2D eigenvalue weighted by Crippen LogP contribution is 2.69. The van der Waals surface area contributed by atoms with Crippen LogP contribution in [0.3, 0.4) is 0 Å². The van der Waals surface area contributed by atoms with E-state index in [0.717, 1.165) is 30.7 Å². The normalized spacial score (nSPS) is 34.8. The predicted octanol–water partition coefficient (Wildman–Crippen LogP) is 4.21. The number of nitrogens with one attached hydrogen (secondary N) is 1. The fraction of sp³-hybridized carbons (Fsp3) is 0.500. The third kappa shape index (κ3) is 2.21. The summed E-state index contributed by atoms with van der Waals surface area (Å²) in [6, 6.07) is 9.78. The van der Waals surface area contributed by atoms with Crippen LogP contribution >= 0.6 is 0 Å². The van der Waals surface area contributed by atoms with Gasteiger partial charge in [-0.1, -0.05) is 18.6 Å². The number of rotatable bonds is 1. The lowest BCUT2D eigenvalue weighted by molar-refractivity contribution is -0.294. The summed E-state index contributed by atoms with van der Waals surface area (Å²) in [5.41, 5.74) is -4.72. The highest BCUT2D eigenvalue weighted by Gasteiger charge is 2.80. The quantitative estimate of drug-likeness (QED) is 0.758. The van der Waals surface area contributed by atoms with Crippen LogP contribution in [0.5, 0.6) is 0 Å². The van der Waals surface area contributed by atoms with E-state index in [2.05, 4.69) is 0 Å². The molecule has 2 saturated heterocycles. The van der Waals surface area contributed by atoms with Crippen LogP contribution in [0.4, 0.5) is 13.2 Å². The Labute approximate surface area is 164 Å². The molecular weight excluding hydrogens is 385 g/mol. The standard InChI is InChI=1S/C20H15F3N4O2/c21-20(22,23)13-6-4-12(5-7-13)15-17(9-24,10-25)18(11-26)14-3-1-2-8-19(14,28-15)29-16(18)27/h4-7,14-15,27H,1-3,8H2. The van der Waals surface area contributed by atoms with Crippen LogP contribution in [0.2, 0.25) is 0 Å². The second-order valence-corrected chi connectivity index (χ2v) is 7.61. The van der Waals surface area contributed by atoms with Gasteiger partial charge in [0.25, 0.3) is 0 Å². The van der Waals surface area contributed by atoms with Crippen molar-refractivity contribution < 1.29 is 22.6 Å². The number of hydrogen-bond acceptors (Lipinski definition) is 6. The first-order valence-electron chi connectivity index (χ1n) is 9.07. The molecule has 0 spiro atoms. The van der Waals surface area contributed by atoms with Gasteiger partial charge in [0.05, 0.1) is 29.7 Å². The highest BCUT2D eigenvalue weighted by atomic mass is 19.4. The van der Waals surface area contributed by atoms with Gasteiger partial charge in [-0.15, -0.1) is 0 Å². The minimum atomic E-state index is -4.54. The van der Waals surface area contributed by atoms with Gasteiger partial charge in [0.1, 0.15) is 6.10 Å². The van der Waals surface area contributed by atoms with Crippen LogP contribution in [0, 0.1) is 56.2 Å². The van der Waals surface area contributed by atoms with Crippen molar-refractivity contribution in [3.63, 3.8) is 0 Å². The van der Waals surface area contributed by atoms with Gasteiger partial charge in [0.15, 0.2) is 5.41 Å². The molecule has 1 aromatic rings. The van der Waals surface area contributed by atoms with Crippen molar-refractivity contribution in [2.75, 3.05) is 0 Å². The predicted molar refractivity (Wildman–Crippen MR) is 90.5 cm³/mol. The molecule has 0 aromatic heterocycles. The minimum Gasteiger partial charge on any atom is -0.447 e. The van der Waals surface area contributed by atoms with E-state index < -0.39 is 46.3 Å². The summed E-state index contributed by atoms with van der Waals surface area (Å²) in [7, 11) is 0. The van der Waals surface area contributed by atoms with Crippen molar-refractivity contribution in [2.45, 2.75) is 43.8 Å². The third-order valence-electron chi connectivity index (χ3n) is 6.36. The number of halogens is 3. The summed E-state index contributed by atoms with van der Waals surface area (Å²) in [4.78, 5) is 0. The van der Waals surface area contributed by atoms with Crippen molar-refractivity contribution >= 4 is 5.90 Å². The molecule has 6 nitrogen and oxygen atoms in total. The molecule has 3 aliphatic rings. The largest absolute Gasteiger partial charge is 0.447 e. The monoisotopic (exact) mass is 400 g/mol. The lowest BCUT2D eigenvalue weighted by atomic mass is 9.51. The molecule has 9 heteroatoms. The van der Waals surface area contributed by atoms with Gasteiger partial charge in [0.2, 0.25) is 17.1 Å². The molecule has 3 fully saturated rings. The van der Waals surface area contributed by atoms with Gasteiger partial charge in [-0.2, -0.15) is 29.0 Å². The van der Waals surface area contributed by atoms with Crippen LogP contribution in [-0.2, 0) is 15.7 Å². The molecule has 4 atom stereocenters. The smallest absolute Gasteiger partial charge is 0.416 e. The average molecular weight is 400 g/mol. The van der Waals surface area contributed by atoms with Crippen molar-refractivity contribution in [3.8, 4) is 18.2 Å². The molecule has 148 valence electrons. The Balaban J connectivity index is 1.92. The molecule has 1 N–H and O–H groups in total. The first-order chi connectivity index (χ1) is 13.7. The maximum atomic E-state index is 12.9. The van der Waals surface area contributed by atoms with Crippen molar-refractivity contribution in [3.05, 3.63) is 35.4 Å². The molecule has 2 bridgehead atoms. The van der Waals surface area contributed by atoms with E-state index in [-0.39, 0.29) is 5.56 Å². The van der Waals surface area contributed by atoms with Crippen LogP contribution in [0.25, 0.3) is 0 Å². The lowest BCUT2D eigenvalue weighted by Crippen LogP contribution is -2.60. The summed E-state index contributed by atoms with van der Waals surface area (Å²) in [6.07, 6.45) is -3.63. The maximum Gasteiger partial charge on any atom is 0.416 e. The number of ether oxygens (including phenoxy) is 2. The Hall–Kier alpha value is -3.09. The topological polar surface area (TPSA) is 114 Å². The zero-order valence-corrected chi connectivity index (χ0v) is 15.1. The summed E-state index contributed by atoms with van der Waals surface area (Å²) in [5.74, 6) is -2.49. The van der Waals surface area contributed by atoms with Crippen molar-refractivity contribution in [1.82, 2.24) is 0 Å². The molecule has 1 aliphatic carbocycles. The molecule has 29 heavy (non-hydrogen) atoms. The Kier molecular flexibility index (Phi) is 3.95. The number of benzene rings is 1. The van der Waals surface area contributed by atoms with Gasteiger partial charge in [-0.25, -0.2) is 0 Å². The van der Waals surface area contributed by atoms with Gasteiger partial charge in [-0.3, -0.25) is 5.41 Å². The number of nitrogens with zero attached hydrogens (tertiary/aromatic N) is 3. The molecule has 4 rings (SSSR count). The van der Waals surface area contributed by atoms with Gasteiger partial charge < -0.3 is 9.47 Å². The summed E-state index contributed by atoms with van der Waals surface area (Å²) in [5, 5.41) is 38.6. The summed E-state index contributed by atoms with van der Waals surface area (Å²) < 4.78 is 50.7. The molecule has 2 aliphatic heterocycles. The van der Waals surface area contributed by atoms with E-state index in [4.69, 9.17) is 14.9 Å². The molecule has 1 aromatic carbocycles. The second kappa shape index (κ2) is 5.95. The first kappa shape index (κ1) is 19.2. The summed E-state index contributed by atoms with van der Waals surface area (Å²) in [6.45, 7) is 0. The first-order valence-corrected chi connectivity index (χ1v) is 9.07. The van der Waals surface area contributed by atoms with E-state index in [1.807, 2.05) is 18.2 Å². The van der Waals surface area contributed by atoms with E-state index in [9.17, 15) is 29.0 Å². The Bertz CT molecular complexity index is 987. The van der Waals surface area contributed by atoms with Gasteiger partial charge in [-0.05, 0) is 30.5 Å². The zero-order valence-electron chi connectivity index (χ0n) is 15.1. The lowest BCUT2D eigenvalue weighted by Gasteiger charge is -2.51. The van der Waals surface area contributed by atoms with Crippen molar-refractivity contribution in [1.29, 1.82) is 21.2 Å². The molecule has 2 heterocycles. The Morgan fingerprint density at radius 2 is 1.69 bits per heavy atom. The highest BCUT2D eigenvalue weighted by molar-refractivity contribution is 5.89. The molecule has 0 amide bonds. The fourth-order valence-corrected chi connectivity index (χ4v) is 5.01. The number of alkyl halides is 3. The maximum absolute atomic E-state index is 12.9. The molecule has 4 unspecified atom stereocenters. The Morgan fingerprint density at radius 3 is 2.24 bits per heavy atom. The Morgan fingerprint density at radius 1 is 1.03 bits per heavy atom. The van der Waals surface area contributed by atoms with Crippen LogP contribution in [-0.4, -0.2) is 11.7 Å². The number of nitriles is 3. The number of hydrogen-bond donors (Lipinski definition) is 1. The fourth-order valence-electron chi connectivity index (χ4n) is 5.01. The molecular formula is C20H15F3N4O2. The average Bonchev–Trinajstić information content (AvgIpc) is 2.92.